The van der Waals surface area contributed by atoms with Gasteiger partial charge in [-0.15, -0.1) is 0 Å². The molecule has 9 nitrogen and oxygen atoms in total. The third-order valence-corrected chi connectivity index (χ3v) is 4.77. The van der Waals surface area contributed by atoms with Gasteiger partial charge in [-0.05, 0) is 39.5 Å². The predicted molar refractivity (Wildman–Crippen MR) is 107 cm³/mol. The minimum atomic E-state index is -4.21. The van der Waals surface area contributed by atoms with E-state index >= 15 is 0 Å². The summed E-state index contributed by atoms with van der Waals surface area (Å²) in [7, 11) is -4.21. The van der Waals surface area contributed by atoms with Gasteiger partial charge in [0.15, 0.2) is 0 Å². The van der Waals surface area contributed by atoms with Gasteiger partial charge in [-0.1, -0.05) is 26.7 Å². The molecule has 0 saturated heterocycles. The largest absolute Gasteiger partial charge is 0.444 e. The predicted octanol–water partition coefficient (Wildman–Crippen LogP) is 3.02. The van der Waals surface area contributed by atoms with E-state index in [9.17, 15) is 19.0 Å². The van der Waals surface area contributed by atoms with Gasteiger partial charge in [-0.3, -0.25) is 4.52 Å². The van der Waals surface area contributed by atoms with Crippen LogP contribution in [0.15, 0.2) is 0 Å². The van der Waals surface area contributed by atoms with Crippen molar-refractivity contribution in [1.29, 1.82) is 0 Å². The van der Waals surface area contributed by atoms with Crippen molar-refractivity contribution in [2.45, 2.75) is 71.9 Å². The molecule has 0 bridgehead atoms. The van der Waals surface area contributed by atoms with Crippen LogP contribution in [0.1, 0.15) is 60.3 Å². The molecule has 29 heavy (non-hydrogen) atoms. The molecule has 0 aromatic rings. The van der Waals surface area contributed by atoms with Crippen LogP contribution >= 0.6 is 7.75 Å². The van der Waals surface area contributed by atoms with Crippen molar-refractivity contribution < 1.29 is 33.0 Å². The van der Waals surface area contributed by atoms with E-state index in [1.165, 1.54) is 0 Å². The van der Waals surface area contributed by atoms with Gasteiger partial charge in [0.05, 0.1) is 19.3 Å². The van der Waals surface area contributed by atoms with E-state index in [1.54, 1.807) is 20.8 Å². The van der Waals surface area contributed by atoms with Gasteiger partial charge < -0.3 is 24.5 Å². The molecule has 0 aliphatic heterocycles. The molecule has 1 unspecified atom stereocenters. The maximum absolute atomic E-state index is 12.0. The monoisotopic (exact) mass is 681 g/mol. The summed E-state index contributed by atoms with van der Waals surface area (Å²) in [5.74, 6) is 0.415. The number of ether oxygens (including phenoxy) is 2. The molecule has 0 aliphatic rings. The van der Waals surface area contributed by atoms with Crippen molar-refractivity contribution in [3.05, 3.63) is 0 Å². The Morgan fingerprint density at radius 3 is 2.24 bits per heavy atom. The van der Waals surface area contributed by atoms with Gasteiger partial charge >= 0.3 is 13.8 Å². The average molecular weight is 681 g/mol. The molecule has 0 rings (SSSR count). The van der Waals surface area contributed by atoms with Crippen LogP contribution in [0, 0.1) is 5.92 Å². The van der Waals surface area contributed by atoms with Gasteiger partial charge in [0.1, 0.15) is 11.9 Å². The topological polar surface area (TPSA) is 123 Å². The number of carbonyl (C=O) groups excluding carboxylic acids is 2. The van der Waals surface area contributed by atoms with Gasteiger partial charge in [0, 0.05) is 13.2 Å². The summed E-state index contributed by atoms with van der Waals surface area (Å²) in [4.78, 5) is 32.4. The SMILES string of the molecule is CCCC(CCC)COC[C@@H](C=O)NP(=O)(O)OCCNC(=O)OC(C)(C)C.[Fm]. The smallest absolute Gasteiger partial charge is 0.407 e. The Kier molecular flexibility index (Phi) is 15.0. The summed E-state index contributed by atoms with van der Waals surface area (Å²) in [5, 5.41) is 4.67. The Morgan fingerprint density at radius 2 is 1.76 bits per heavy atom. The second kappa shape index (κ2) is 14.9. The Hall–Kier alpha value is -1.99. The minimum absolute atomic E-state index is 0. The van der Waals surface area contributed by atoms with Gasteiger partial charge in [-0.25, -0.2) is 14.4 Å². The normalized spacial score (nSPS) is 14.6. The minimum Gasteiger partial charge on any atom is -0.444 e. The van der Waals surface area contributed by atoms with E-state index in [0.29, 0.717) is 18.8 Å². The van der Waals surface area contributed by atoms with Crippen LogP contribution in [0.2, 0.25) is 0 Å². The number of aldehydes is 1. The van der Waals surface area contributed by atoms with Crippen LogP contribution in [0.5, 0.6) is 0 Å². The Labute approximate surface area is 168 Å². The summed E-state index contributed by atoms with van der Waals surface area (Å²) >= 11 is 0. The molecule has 0 fully saturated rings. The van der Waals surface area contributed by atoms with E-state index in [1.807, 2.05) is 0 Å². The van der Waals surface area contributed by atoms with Gasteiger partial charge in [0.25, 0.3) is 0 Å². The first kappa shape index (κ1) is 29.2. The van der Waals surface area contributed by atoms with E-state index in [0.717, 1.165) is 25.7 Å². The number of hydrogen-bond donors (Lipinski definition) is 3. The van der Waals surface area contributed by atoms with Crippen molar-refractivity contribution in [2.75, 3.05) is 26.4 Å². The average Bonchev–Trinajstić information content (AvgIpc) is 2.56. The fraction of sp³-hybridized carbons (Fsp3) is 0.889. The number of hydrogen-bond acceptors (Lipinski definition) is 6. The third kappa shape index (κ3) is 16.6. The van der Waals surface area contributed by atoms with Crippen LogP contribution in [0.4, 0.5) is 4.79 Å². The Bertz CT molecular complexity index is 497. The molecule has 0 aromatic heterocycles. The van der Waals surface area contributed by atoms with Crippen LogP contribution in [-0.4, -0.2) is 55.3 Å². The summed E-state index contributed by atoms with van der Waals surface area (Å²) in [6.45, 7) is 9.64. The molecule has 0 spiro atoms. The second-order valence-corrected chi connectivity index (χ2v) is 9.19. The zero-order valence-electron chi connectivity index (χ0n) is 18.0. The molecular formula is C18H37FmN2O7P. The molecule has 0 aromatic carbocycles. The van der Waals surface area contributed by atoms with Gasteiger partial charge in [-0.2, -0.15) is 0 Å². The molecular weight excluding hydrogens is 644 g/mol. The number of amides is 1. The second-order valence-electron chi connectivity index (χ2n) is 7.63. The molecule has 2 atom stereocenters. The molecule has 11 heteroatoms. The van der Waals surface area contributed by atoms with E-state index in [-0.39, 0.29) is 19.8 Å². The zero-order valence-corrected chi connectivity index (χ0v) is 21.3. The van der Waals surface area contributed by atoms with Gasteiger partial charge in [0.2, 0.25) is 0 Å². The van der Waals surface area contributed by atoms with Crippen LogP contribution in [-0.2, 0) is 23.4 Å². The molecule has 0 aliphatic carbocycles. The third-order valence-electron chi connectivity index (χ3n) is 3.57. The summed E-state index contributed by atoms with van der Waals surface area (Å²) in [6.07, 6.45) is 4.06. The maximum Gasteiger partial charge on any atom is 0.407 e. The van der Waals surface area contributed by atoms with Crippen LogP contribution in [0.3, 0.4) is 0 Å². The van der Waals surface area contributed by atoms with Crippen molar-refractivity contribution in [1.82, 2.24) is 10.4 Å². The number of nitrogens with one attached hydrogen (secondary N) is 2. The molecule has 1 amide bonds. The standard InChI is InChI=1S/C18H37N2O7P.Fm/c1-6-8-15(9-7-2)13-25-14-16(12-21)20-28(23,24)26-11-10-19-17(22)27-18(3,4)5;/h12,15-16H,6-11,13-14H2,1-5H3,(H,19,22)(H2,20,23,24);/t16-;/m1./s1. The van der Waals surface area contributed by atoms with Crippen molar-refractivity contribution in [3.8, 4) is 0 Å². The molecule has 3 N–H and O–H groups in total. The fourth-order valence-corrected chi connectivity index (χ4v) is 3.45. The molecule has 0 saturated carbocycles. The van der Waals surface area contributed by atoms with Crippen molar-refractivity contribution in [3.63, 3.8) is 0 Å². The van der Waals surface area contributed by atoms with E-state index in [4.69, 9.17) is 14.0 Å². The fourth-order valence-electron chi connectivity index (χ4n) is 2.48. The summed E-state index contributed by atoms with van der Waals surface area (Å²) < 4.78 is 27.5. The molecule has 178 valence electrons. The van der Waals surface area contributed by atoms with Crippen molar-refractivity contribution in [2.24, 2.45) is 5.92 Å². The molecule has 0 radical (unpaired) electrons. The number of alkyl carbamates (subject to hydrolysis) is 1. The first-order valence-electron chi connectivity index (χ1n) is 9.78. The summed E-state index contributed by atoms with van der Waals surface area (Å²) in [6, 6.07) is -0.960. The van der Waals surface area contributed by atoms with E-state index in [2.05, 4.69) is 24.3 Å². The molecule has 0 heterocycles. The zero-order chi connectivity index (χ0) is 21.6. The first-order chi connectivity index (χ1) is 13.0. The number of carbonyl (C=O) groups is 2. The van der Waals surface area contributed by atoms with Crippen LogP contribution in [0.25, 0.3) is 0 Å². The quantitative estimate of drug-likeness (QED) is 0.137. The van der Waals surface area contributed by atoms with Crippen LogP contribution < -0.4 is 10.4 Å². The number of rotatable bonds is 15. The van der Waals surface area contributed by atoms with E-state index < -0.39 is 25.5 Å². The Balaban J connectivity index is 0. The maximum atomic E-state index is 12.0. The first-order valence-corrected chi connectivity index (χ1v) is 11.4. The Morgan fingerprint density at radius 1 is 1.17 bits per heavy atom. The summed E-state index contributed by atoms with van der Waals surface area (Å²) in [5.41, 5.74) is -0.636. The van der Waals surface area contributed by atoms with Crippen molar-refractivity contribution >= 4 is 20.1 Å².